The fraction of sp³-hybridized carbons (Fsp3) is 0.320. The van der Waals surface area contributed by atoms with E-state index in [1.165, 1.54) is 15.9 Å². The van der Waals surface area contributed by atoms with E-state index in [1.54, 1.807) is 13.2 Å². The summed E-state index contributed by atoms with van der Waals surface area (Å²) in [7, 11) is 1.60. The monoisotopic (exact) mass is 479 g/mol. The van der Waals surface area contributed by atoms with Gasteiger partial charge in [0.1, 0.15) is 6.61 Å². The Morgan fingerprint density at radius 1 is 1.21 bits per heavy atom. The molecule has 5 rings (SSSR count). The van der Waals surface area contributed by atoms with Crippen molar-refractivity contribution in [3.8, 4) is 23.0 Å². The van der Waals surface area contributed by atoms with E-state index in [0.29, 0.717) is 50.8 Å². The molecule has 0 spiro atoms. The van der Waals surface area contributed by atoms with E-state index in [4.69, 9.17) is 18.9 Å². The number of ether oxygens (including phenoxy) is 4. The Kier molecular flexibility index (Phi) is 6.10. The fourth-order valence-corrected chi connectivity index (χ4v) is 4.50. The van der Waals surface area contributed by atoms with E-state index in [2.05, 4.69) is 23.9 Å². The minimum absolute atomic E-state index is 0.230. The first kappa shape index (κ1) is 22.2. The molecule has 1 atom stereocenters. The normalized spacial score (nSPS) is 15.8. The molecule has 0 fully saturated rings. The first-order chi connectivity index (χ1) is 16.5. The molecule has 0 saturated carbocycles. The number of hydrogen-bond acceptors (Lipinski definition) is 8. The molecule has 0 bridgehead atoms. The van der Waals surface area contributed by atoms with Crippen LogP contribution in [-0.4, -0.2) is 34.9 Å². The summed E-state index contributed by atoms with van der Waals surface area (Å²) in [6.45, 7) is 5.22. The van der Waals surface area contributed by atoms with Crippen molar-refractivity contribution in [1.82, 2.24) is 14.6 Å². The van der Waals surface area contributed by atoms with Gasteiger partial charge in [-0.2, -0.15) is 9.50 Å². The van der Waals surface area contributed by atoms with Crippen molar-refractivity contribution in [3.05, 3.63) is 68.7 Å². The van der Waals surface area contributed by atoms with Gasteiger partial charge in [-0.1, -0.05) is 43.4 Å². The highest BCUT2D eigenvalue weighted by Crippen LogP contribution is 2.35. The number of rotatable bonds is 7. The molecule has 0 amide bonds. The molecular formula is C25H25N3O5S. The predicted octanol–water partition coefficient (Wildman–Crippen LogP) is 3.64. The van der Waals surface area contributed by atoms with Gasteiger partial charge < -0.3 is 18.9 Å². The SMILES string of the molecule is COc1cc(/C=c2\sc3nc([C@@H]4COc5ccccc5O4)nn3c2=O)ccc1OCCC(C)C. The van der Waals surface area contributed by atoms with E-state index >= 15 is 0 Å². The van der Waals surface area contributed by atoms with Gasteiger partial charge in [-0.15, -0.1) is 5.10 Å². The molecule has 9 heteroatoms. The average molecular weight is 480 g/mol. The summed E-state index contributed by atoms with van der Waals surface area (Å²) < 4.78 is 24.9. The standard InChI is InChI=1S/C25H25N3O5S/c1-15(2)10-11-31-18-9-8-16(12-20(18)30-3)13-22-24(29)28-25(34-22)26-23(27-28)21-14-32-17-6-4-5-7-19(17)33-21/h4-9,12-13,15,21H,10-11,14H2,1-3H3/b22-13-/t21-/m0/s1. The molecule has 0 aliphatic carbocycles. The van der Waals surface area contributed by atoms with Crippen LogP contribution in [0.5, 0.6) is 23.0 Å². The van der Waals surface area contributed by atoms with Crippen LogP contribution in [0.25, 0.3) is 11.0 Å². The first-order valence-corrected chi connectivity index (χ1v) is 11.9. The number of thiazole rings is 1. The first-order valence-electron chi connectivity index (χ1n) is 11.1. The smallest absolute Gasteiger partial charge is 0.291 e. The molecule has 34 heavy (non-hydrogen) atoms. The lowest BCUT2D eigenvalue weighted by Gasteiger charge is -2.24. The number of nitrogens with zero attached hydrogens (tertiary/aromatic N) is 3. The largest absolute Gasteiger partial charge is 0.493 e. The van der Waals surface area contributed by atoms with Crippen LogP contribution in [0, 0.1) is 5.92 Å². The van der Waals surface area contributed by atoms with Crippen molar-refractivity contribution in [3.63, 3.8) is 0 Å². The summed E-state index contributed by atoms with van der Waals surface area (Å²) in [6, 6.07) is 13.1. The second-order valence-corrected chi connectivity index (χ2v) is 9.39. The van der Waals surface area contributed by atoms with Gasteiger partial charge in [0, 0.05) is 0 Å². The van der Waals surface area contributed by atoms with Gasteiger partial charge in [0.2, 0.25) is 4.96 Å². The van der Waals surface area contributed by atoms with Gasteiger partial charge in [-0.25, -0.2) is 0 Å². The Balaban J connectivity index is 1.38. The molecule has 0 unspecified atom stereocenters. The number of benzene rings is 2. The molecule has 176 valence electrons. The van der Waals surface area contributed by atoms with Gasteiger partial charge >= 0.3 is 0 Å². The van der Waals surface area contributed by atoms with Crippen molar-refractivity contribution in [2.24, 2.45) is 5.92 Å². The van der Waals surface area contributed by atoms with Crippen molar-refractivity contribution in [2.45, 2.75) is 26.4 Å². The number of hydrogen-bond donors (Lipinski definition) is 0. The maximum absolute atomic E-state index is 13.0. The highest BCUT2D eigenvalue weighted by Gasteiger charge is 2.27. The van der Waals surface area contributed by atoms with E-state index in [-0.39, 0.29) is 12.2 Å². The van der Waals surface area contributed by atoms with Gasteiger partial charge in [0.05, 0.1) is 18.2 Å². The van der Waals surface area contributed by atoms with Gasteiger partial charge in [-0.05, 0) is 48.2 Å². The molecule has 1 aliphatic heterocycles. The highest BCUT2D eigenvalue weighted by molar-refractivity contribution is 7.15. The molecule has 8 nitrogen and oxygen atoms in total. The minimum Gasteiger partial charge on any atom is -0.493 e. The lowest BCUT2D eigenvalue weighted by molar-refractivity contribution is 0.0852. The van der Waals surface area contributed by atoms with Crippen LogP contribution in [0.4, 0.5) is 0 Å². The third kappa shape index (κ3) is 4.43. The van der Waals surface area contributed by atoms with E-state index < -0.39 is 6.10 Å². The number of para-hydroxylation sites is 2. The molecule has 1 aliphatic rings. The predicted molar refractivity (Wildman–Crippen MR) is 129 cm³/mol. The van der Waals surface area contributed by atoms with Gasteiger partial charge in [0.15, 0.2) is 34.9 Å². The zero-order chi connectivity index (χ0) is 23.7. The second kappa shape index (κ2) is 9.34. The highest BCUT2D eigenvalue weighted by atomic mass is 32.1. The Morgan fingerprint density at radius 2 is 2.03 bits per heavy atom. The summed E-state index contributed by atoms with van der Waals surface area (Å²) in [5.41, 5.74) is 0.600. The van der Waals surface area contributed by atoms with Gasteiger partial charge in [-0.3, -0.25) is 4.79 Å². The van der Waals surface area contributed by atoms with Crippen LogP contribution in [0.3, 0.4) is 0 Å². The molecule has 0 radical (unpaired) electrons. The van der Waals surface area contributed by atoms with Crippen LogP contribution < -0.4 is 29.0 Å². The van der Waals surface area contributed by atoms with Crippen LogP contribution in [-0.2, 0) is 0 Å². The van der Waals surface area contributed by atoms with Crippen molar-refractivity contribution in [2.75, 3.05) is 20.3 Å². The maximum atomic E-state index is 13.0. The maximum Gasteiger partial charge on any atom is 0.291 e. The summed E-state index contributed by atoms with van der Waals surface area (Å²) >= 11 is 1.28. The third-order valence-corrected chi connectivity index (χ3v) is 6.39. The molecule has 2 aromatic carbocycles. The molecule has 4 aromatic rings. The molecule has 3 heterocycles. The molecular weight excluding hydrogens is 454 g/mol. The second-order valence-electron chi connectivity index (χ2n) is 8.39. The van der Waals surface area contributed by atoms with Crippen molar-refractivity contribution < 1.29 is 18.9 Å². The summed E-state index contributed by atoms with van der Waals surface area (Å²) in [5.74, 6) is 3.63. The summed E-state index contributed by atoms with van der Waals surface area (Å²) in [4.78, 5) is 18.0. The Labute approximate surface area is 200 Å². The number of fused-ring (bicyclic) bond motifs is 2. The number of methoxy groups -OCH3 is 1. The average Bonchev–Trinajstić information content (AvgIpc) is 3.38. The molecule has 0 saturated heterocycles. The van der Waals surface area contributed by atoms with Crippen LogP contribution in [0.1, 0.15) is 37.8 Å². The Bertz CT molecular complexity index is 1430. The Hall–Kier alpha value is -3.59. The van der Waals surface area contributed by atoms with Crippen LogP contribution in [0.15, 0.2) is 47.3 Å². The van der Waals surface area contributed by atoms with E-state index in [0.717, 1.165) is 12.0 Å². The van der Waals surface area contributed by atoms with Crippen molar-refractivity contribution in [1.29, 1.82) is 0 Å². The zero-order valence-corrected chi connectivity index (χ0v) is 20.0. The fourth-order valence-electron chi connectivity index (χ4n) is 3.58. The minimum atomic E-state index is -0.471. The quantitative estimate of drug-likeness (QED) is 0.400. The van der Waals surface area contributed by atoms with Crippen LogP contribution >= 0.6 is 11.3 Å². The molecule has 2 aromatic heterocycles. The lowest BCUT2D eigenvalue weighted by atomic mass is 10.1. The third-order valence-electron chi connectivity index (χ3n) is 5.43. The van der Waals surface area contributed by atoms with Gasteiger partial charge in [0.25, 0.3) is 5.56 Å². The van der Waals surface area contributed by atoms with E-state index in [1.807, 2.05) is 42.5 Å². The topological polar surface area (TPSA) is 84.2 Å². The van der Waals surface area contributed by atoms with E-state index in [9.17, 15) is 4.79 Å². The van der Waals surface area contributed by atoms with Crippen molar-refractivity contribution >= 4 is 22.4 Å². The lowest BCUT2D eigenvalue weighted by Crippen LogP contribution is -2.26. The Morgan fingerprint density at radius 3 is 2.79 bits per heavy atom. The summed E-state index contributed by atoms with van der Waals surface area (Å²) in [5, 5.41) is 4.40. The van der Waals surface area contributed by atoms with Crippen LogP contribution in [0.2, 0.25) is 0 Å². The molecule has 0 N–H and O–H groups in total. The zero-order valence-electron chi connectivity index (χ0n) is 19.2. The summed E-state index contributed by atoms with van der Waals surface area (Å²) in [6.07, 6.45) is 2.30. The number of aromatic nitrogens is 3.